The summed E-state index contributed by atoms with van der Waals surface area (Å²) in [5.41, 5.74) is 0.394. The number of guanidine groups is 1. The van der Waals surface area contributed by atoms with Crippen LogP contribution < -0.4 is 10.6 Å². The Kier molecular flexibility index (Phi) is 4.16. The highest BCUT2D eigenvalue weighted by Gasteiger charge is 2.38. The molecule has 1 amide bonds. The summed E-state index contributed by atoms with van der Waals surface area (Å²) < 4.78 is 0. The third kappa shape index (κ3) is 3.28. The first kappa shape index (κ1) is 14.4. The number of aliphatic imine (C=N–C) groups is 1. The smallest absolute Gasteiger partial charge is 0.249 e. The minimum absolute atomic E-state index is 0.0637. The molecule has 0 aromatic carbocycles. The number of amides is 1. The van der Waals surface area contributed by atoms with E-state index in [0.717, 1.165) is 18.8 Å². The van der Waals surface area contributed by atoms with Crippen LogP contribution in [0.4, 0.5) is 0 Å². The molecule has 1 saturated carbocycles. The molecule has 1 unspecified atom stereocenters. The van der Waals surface area contributed by atoms with Crippen LogP contribution in [-0.4, -0.2) is 24.5 Å². The van der Waals surface area contributed by atoms with Crippen LogP contribution in [0, 0.1) is 17.3 Å². The number of carbonyl (C=O) groups excluding carboxylic acids is 1. The minimum atomic E-state index is -0.0637. The highest BCUT2D eigenvalue weighted by atomic mass is 16.2. The summed E-state index contributed by atoms with van der Waals surface area (Å²) in [6.07, 6.45) is 4.76. The summed E-state index contributed by atoms with van der Waals surface area (Å²) in [5.74, 6) is 2.02. The fourth-order valence-electron chi connectivity index (χ4n) is 3.34. The maximum Gasteiger partial charge on any atom is 0.249 e. The average molecular weight is 265 g/mol. The van der Waals surface area contributed by atoms with E-state index >= 15 is 0 Å². The van der Waals surface area contributed by atoms with E-state index < -0.39 is 0 Å². The third-order valence-corrected chi connectivity index (χ3v) is 4.60. The number of rotatable bonds is 2. The Hall–Kier alpha value is -1.06. The molecule has 0 aromatic heterocycles. The van der Waals surface area contributed by atoms with Crippen LogP contribution in [0.1, 0.15) is 53.4 Å². The summed E-state index contributed by atoms with van der Waals surface area (Å²) in [6.45, 7) is 9.65. The minimum Gasteiger partial charge on any atom is -0.344 e. The highest BCUT2D eigenvalue weighted by Crippen LogP contribution is 2.40. The summed E-state index contributed by atoms with van der Waals surface area (Å²) >= 11 is 0. The quantitative estimate of drug-likeness (QED) is 0.805. The Morgan fingerprint density at radius 1 is 1.21 bits per heavy atom. The van der Waals surface area contributed by atoms with Gasteiger partial charge in [-0.05, 0) is 49.9 Å². The van der Waals surface area contributed by atoms with Crippen molar-refractivity contribution in [2.45, 2.75) is 59.4 Å². The lowest BCUT2D eigenvalue weighted by molar-refractivity contribution is -0.121. The first-order valence-corrected chi connectivity index (χ1v) is 7.53. The number of hydrogen-bond donors (Lipinski definition) is 2. The molecule has 0 bridgehead atoms. The zero-order valence-electron chi connectivity index (χ0n) is 12.6. The molecule has 0 spiro atoms. The second-order valence-corrected chi connectivity index (χ2v) is 6.91. The van der Waals surface area contributed by atoms with Crippen molar-refractivity contribution < 1.29 is 4.79 Å². The molecule has 4 heteroatoms. The number of nitrogens with zero attached hydrogens (tertiary/aromatic N) is 1. The summed E-state index contributed by atoms with van der Waals surface area (Å²) in [4.78, 5) is 16.2. The van der Waals surface area contributed by atoms with E-state index in [-0.39, 0.29) is 11.9 Å². The van der Waals surface area contributed by atoms with Gasteiger partial charge in [0.05, 0.1) is 0 Å². The zero-order valence-corrected chi connectivity index (χ0v) is 12.6. The first-order chi connectivity index (χ1) is 8.91. The molecule has 2 N–H and O–H groups in total. The standard InChI is InChI=1S/C15H27N3O/c1-5-16-14-17-12(13(19)18-14)10-6-8-11(9-7-10)15(2,3)4/h10-12H,5-9H2,1-4H3,(H2,16,17,18,19). The lowest BCUT2D eigenvalue weighted by Gasteiger charge is -2.38. The fraction of sp³-hybridized carbons (Fsp3) is 0.867. The summed E-state index contributed by atoms with van der Waals surface area (Å²) in [5, 5.41) is 6.10. The van der Waals surface area contributed by atoms with E-state index in [4.69, 9.17) is 0 Å². The number of hydrogen-bond acceptors (Lipinski definition) is 2. The normalized spacial score (nSPS) is 34.2. The third-order valence-electron chi connectivity index (χ3n) is 4.60. The Labute approximate surface area is 116 Å². The molecule has 108 valence electrons. The van der Waals surface area contributed by atoms with Crippen molar-refractivity contribution in [3.63, 3.8) is 0 Å². The van der Waals surface area contributed by atoms with Gasteiger partial charge in [0.2, 0.25) is 5.91 Å². The molecule has 4 nitrogen and oxygen atoms in total. The summed E-state index contributed by atoms with van der Waals surface area (Å²) in [6, 6.07) is -0.0637. The molecule has 2 rings (SSSR count). The van der Waals surface area contributed by atoms with Crippen LogP contribution in [0.2, 0.25) is 0 Å². The maximum atomic E-state index is 12.0. The van der Waals surface area contributed by atoms with Crippen molar-refractivity contribution in [1.29, 1.82) is 0 Å². The topological polar surface area (TPSA) is 53.5 Å². The van der Waals surface area contributed by atoms with Crippen LogP contribution in [0.5, 0.6) is 0 Å². The van der Waals surface area contributed by atoms with Gasteiger partial charge in [0.1, 0.15) is 6.04 Å². The number of nitrogens with one attached hydrogen (secondary N) is 2. The molecule has 2 fully saturated rings. The molecule has 0 aromatic rings. The first-order valence-electron chi connectivity index (χ1n) is 7.53. The van der Waals surface area contributed by atoms with Gasteiger partial charge in [-0.1, -0.05) is 20.8 Å². The molecule has 1 heterocycles. The predicted molar refractivity (Wildman–Crippen MR) is 77.9 cm³/mol. The van der Waals surface area contributed by atoms with Gasteiger partial charge in [-0.15, -0.1) is 0 Å². The monoisotopic (exact) mass is 265 g/mol. The van der Waals surface area contributed by atoms with Gasteiger partial charge in [-0.2, -0.15) is 0 Å². The van der Waals surface area contributed by atoms with Crippen molar-refractivity contribution >= 4 is 11.9 Å². The van der Waals surface area contributed by atoms with Crippen LogP contribution in [0.15, 0.2) is 4.99 Å². The molecule has 0 radical (unpaired) electrons. The molecular formula is C15H27N3O. The van der Waals surface area contributed by atoms with Gasteiger partial charge < -0.3 is 5.32 Å². The maximum absolute atomic E-state index is 12.0. The second kappa shape index (κ2) is 5.51. The number of carbonyl (C=O) groups is 1. The molecular weight excluding hydrogens is 238 g/mol. The van der Waals surface area contributed by atoms with Crippen LogP contribution in [0.3, 0.4) is 0 Å². The Bertz CT molecular complexity index is 362. The molecule has 1 aliphatic heterocycles. The van der Waals surface area contributed by atoms with E-state index in [1.807, 2.05) is 6.92 Å². The SMILES string of the molecule is CCN=C1NC(=O)C(C2CCC(C(C)(C)C)CC2)N1. The van der Waals surface area contributed by atoms with Crippen molar-refractivity contribution in [1.82, 2.24) is 10.6 Å². The largest absolute Gasteiger partial charge is 0.344 e. The van der Waals surface area contributed by atoms with Crippen molar-refractivity contribution in [2.24, 2.45) is 22.2 Å². The Balaban J connectivity index is 1.92. The average Bonchev–Trinajstić information content (AvgIpc) is 2.70. The predicted octanol–water partition coefficient (Wildman–Crippen LogP) is 2.30. The molecule has 19 heavy (non-hydrogen) atoms. The van der Waals surface area contributed by atoms with E-state index in [2.05, 4.69) is 36.4 Å². The van der Waals surface area contributed by atoms with Crippen LogP contribution in [0.25, 0.3) is 0 Å². The highest BCUT2D eigenvalue weighted by molar-refractivity contribution is 6.06. The molecule has 2 aliphatic rings. The van der Waals surface area contributed by atoms with E-state index in [9.17, 15) is 4.79 Å². The van der Waals surface area contributed by atoms with Gasteiger partial charge in [0, 0.05) is 6.54 Å². The second-order valence-electron chi connectivity index (χ2n) is 6.91. The molecule has 1 atom stereocenters. The lowest BCUT2D eigenvalue weighted by Crippen LogP contribution is -2.40. The fourth-order valence-corrected chi connectivity index (χ4v) is 3.34. The van der Waals surface area contributed by atoms with Gasteiger partial charge in [0.25, 0.3) is 0 Å². The van der Waals surface area contributed by atoms with Gasteiger partial charge in [-0.3, -0.25) is 15.1 Å². The van der Waals surface area contributed by atoms with Crippen LogP contribution >= 0.6 is 0 Å². The van der Waals surface area contributed by atoms with E-state index in [0.29, 0.717) is 23.8 Å². The van der Waals surface area contributed by atoms with E-state index in [1.165, 1.54) is 12.8 Å². The lowest BCUT2D eigenvalue weighted by atomic mass is 9.68. The van der Waals surface area contributed by atoms with Crippen LogP contribution in [-0.2, 0) is 4.79 Å². The van der Waals surface area contributed by atoms with E-state index in [1.54, 1.807) is 0 Å². The molecule has 1 aliphatic carbocycles. The van der Waals surface area contributed by atoms with Crippen molar-refractivity contribution in [2.75, 3.05) is 6.54 Å². The summed E-state index contributed by atoms with van der Waals surface area (Å²) in [7, 11) is 0. The van der Waals surface area contributed by atoms with Crippen molar-refractivity contribution in [3.05, 3.63) is 0 Å². The van der Waals surface area contributed by atoms with Gasteiger partial charge in [0.15, 0.2) is 5.96 Å². The Morgan fingerprint density at radius 2 is 1.84 bits per heavy atom. The van der Waals surface area contributed by atoms with Crippen molar-refractivity contribution in [3.8, 4) is 0 Å². The zero-order chi connectivity index (χ0) is 14.0. The van der Waals surface area contributed by atoms with Gasteiger partial charge in [-0.25, -0.2) is 0 Å². The Morgan fingerprint density at radius 3 is 2.37 bits per heavy atom. The van der Waals surface area contributed by atoms with Gasteiger partial charge >= 0.3 is 0 Å². The molecule has 1 saturated heterocycles.